The summed E-state index contributed by atoms with van der Waals surface area (Å²) < 4.78 is 36.8. The molecule has 22 heavy (non-hydrogen) atoms. The molecule has 1 saturated heterocycles. The van der Waals surface area contributed by atoms with Crippen molar-refractivity contribution in [1.29, 1.82) is 0 Å². The SMILES string of the molecule is C=C1CSCC(OCCc2ccc(S(=O)(=O)O)cc2)CSC1. The fourth-order valence-corrected chi connectivity index (χ4v) is 4.76. The van der Waals surface area contributed by atoms with Gasteiger partial charge in [0.15, 0.2) is 0 Å². The Morgan fingerprint density at radius 1 is 1.18 bits per heavy atom. The maximum Gasteiger partial charge on any atom is 0.294 e. The third-order valence-electron chi connectivity index (χ3n) is 3.19. The van der Waals surface area contributed by atoms with Crippen LogP contribution >= 0.6 is 23.5 Å². The van der Waals surface area contributed by atoms with Crippen LogP contribution in [0.2, 0.25) is 0 Å². The van der Waals surface area contributed by atoms with Crippen LogP contribution in [0, 0.1) is 0 Å². The van der Waals surface area contributed by atoms with Crippen LogP contribution in [0.4, 0.5) is 0 Å². The lowest BCUT2D eigenvalue weighted by atomic mass is 10.2. The quantitative estimate of drug-likeness (QED) is 0.643. The van der Waals surface area contributed by atoms with Gasteiger partial charge in [0.2, 0.25) is 0 Å². The highest BCUT2D eigenvalue weighted by Gasteiger charge is 2.14. The van der Waals surface area contributed by atoms with Crippen molar-refractivity contribution in [3.05, 3.63) is 42.0 Å². The van der Waals surface area contributed by atoms with Crippen molar-refractivity contribution < 1.29 is 17.7 Å². The topological polar surface area (TPSA) is 63.6 Å². The predicted octanol–water partition coefficient (Wildman–Crippen LogP) is 2.90. The van der Waals surface area contributed by atoms with E-state index in [-0.39, 0.29) is 11.0 Å². The molecule has 1 N–H and O–H groups in total. The highest BCUT2D eigenvalue weighted by Crippen LogP contribution is 2.21. The lowest BCUT2D eigenvalue weighted by molar-refractivity contribution is 0.0876. The van der Waals surface area contributed by atoms with Gasteiger partial charge in [0, 0.05) is 23.0 Å². The molecular weight excluding hydrogens is 340 g/mol. The normalized spacial score (nSPS) is 18.0. The van der Waals surface area contributed by atoms with Gasteiger partial charge in [0.1, 0.15) is 0 Å². The van der Waals surface area contributed by atoms with E-state index in [1.165, 1.54) is 17.7 Å². The van der Waals surface area contributed by atoms with Crippen molar-refractivity contribution in [3.8, 4) is 0 Å². The van der Waals surface area contributed by atoms with E-state index in [2.05, 4.69) is 6.58 Å². The Morgan fingerprint density at radius 2 is 1.77 bits per heavy atom. The maximum atomic E-state index is 11.0. The van der Waals surface area contributed by atoms with Gasteiger partial charge in [-0.3, -0.25) is 4.55 Å². The van der Waals surface area contributed by atoms with Crippen LogP contribution in [-0.4, -0.2) is 48.7 Å². The Bertz CT molecular complexity index is 584. The summed E-state index contributed by atoms with van der Waals surface area (Å²) >= 11 is 3.73. The molecule has 0 atom stereocenters. The minimum Gasteiger partial charge on any atom is -0.376 e. The standard InChI is InChI=1S/C15H20O4S3/c1-12-8-20-10-14(11-21-9-12)19-7-6-13-2-4-15(5-3-13)22(16,17)18/h2-5,14H,1,6-11H2,(H,16,17,18). The highest BCUT2D eigenvalue weighted by molar-refractivity contribution is 8.01. The zero-order valence-corrected chi connectivity index (χ0v) is 14.7. The Morgan fingerprint density at radius 3 is 2.32 bits per heavy atom. The first-order valence-corrected chi connectivity index (χ1v) is 10.7. The van der Waals surface area contributed by atoms with Crippen LogP contribution in [0.25, 0.3) is 0 Å². The second-order valence-electron chi connectivity index (χ2n) is 5.14. The summed E-state index contributed by atoms with van der Waals surface area (Å²) in [5.74, 6) is 3.97. The number of ether oxygens (including phenoxy) is 1. The van der Waals surface area contributed by atoms with Crippen molar-refractivity contribution >= 4 is 33.6 Å². The molecule has 1 aliphatic heterocycles. The summed E-state index contributed by atoms with van der Waals surface area (Å²) in [6, 6.07) is 6.24. The molecular formula is C15H20O4S3. The Hall–Kier alpha value is -0.470. The monoisotopic (exact) mass is 360 g/mol. The van der Waals surface area contributed by atoms with Gasteiger partial charge in [-0.2, -0.15) is 31.9 Å². The molecule has 0 radical (unpaired) electrons. The van der Waals surface area contributed by atoms with Crippen molar-refractivity contribution in [2.75, 3.05) is 29.6 Å². The molecule has 0 aromatic heterocycles. The largest absolute Gasteiger partial charge is 0.376 e. The van der Waals surface area contributed by atoms with Gasteiger partial charge < -0.3 is 4.74 Å². The zero-order valence-electron chi connectivity index (χ0n) is 12.2. The average molecular weight is 361 g/mol. The van der Waals surface area contributed by atoms with E-state index < -0.39 is 10.1 Å². The van der Waals surface area contributed by atoms with Crippen molar-refractivity contribution in [2.24, 2.45) is 0 Å². The first-order valence-electron chi connectivity index (χ1n) is 6.95. The summed E-state index contributed by atoms with van der Waals surface area (Å²) in [7, 11) is -4.11. The molecule has 0 saturated carbocycles. The van der Waals surface area contributed by atoms with E-state index in [1.807, 2.05) is 23.5 Å². The summed E-state index contributed by atoms with van der Waals surface area (Å²) in [5.41, 5.74) is 2.28. The van der Waals surface area contributed by atoms with Crippen LogP contribution in [0.3, 0.4) is 0 Å². The van der Waals surface area contributed by atoms with Crippen LogP contribution in [0.1, 0.15) is 5.56 Å². The molecule has 4 nitrogen and oxygen atoms in total. The molecule has 0 spiro atoms. The van der Waals surface area contributed by atoms with E-state index in [9.17, 15) is 8.42 Å². The highest BCUT2D eigenvalue weighted by atomic mass is 32.2. The molecule has 0 amide bonds. The summed E-state index contributed by atoms with van der Waals surface area (Å²) in [4.78, 5) is -0.0785. The second kappa shape index (κ2) is 8.40. The first-order chi connectivity index (χ1) is 10.4. The van der Waals surface area contributed by atoms with E-state index >= 15 is 0 Å². The van der Waals surface area contributed by atoms with Crippen molar-refractivity contribution in [1.82, 2.24) is 0 Å². The molecule has 7 heteroatoms. The van der Waals surface area contributed by atoms with Gasteiger partial charge in [0.05, 0.1) is 17.6 Å². The van der Waals surface area contributed by atoms with Gasteiger partial charge in [-0.05, 0) is 24.1 Å². The molecule has 1 aromatic carbocycles. The minimum absolute atomic E-state index is 0.0785. The number of rotatable bonds is 5. The Kier molecular flexibility index (Phi) is 6.83. The van der Waals surface area contributed by atoms with Gasteiger partial charge in [-0.15, -0.1) is 0 Å². The summed E-state index contributed by atoms with van der Waals surface area (Å²) in [6.45, 7) is 4.63. The minimum atomic E-state index is -4.11. The molecule has 0 aliphatic carbocycles. The van der Waals surface area contributed by atoms with Gasteiger partial charge in [-0.25, -0.2) is 0 Å². The van der Waals surface area contributed by atoms with Gasteiger partial charge >= 0.3 is 0 Å². The average Bonchev–Trinajstić information content (AvgIpc) is 2.44. The zero-order chi connectivity index (χ0) is 16.0. The molecule has 0 bridgehead atoms. The lowest BCUT2D eigenvalue weighted by Crippen LogP contribution is -2.22. The van der Waals surface area contributed by atoms with E-state index in [0.29, 0.717) is 6.61 Å². The van der Waals surface area contributed by atoms with Gasteiger partial charge in [0.25, 0.3) is 10.1 Å². The van der Waals surface area contributed by atoms with E-state index in [0.717, 1.165) is 35.0 Å². The second-order valence-corrected chi connectivity index (χ2v) is 8.62. The molecule has 1 fully saturated rings. The third kappa shape index (κ3) is 5.96. The van der Waals surface area contributed by atoms with Gasteiger partial charge in [-0.1, -0.05) is 24.3 Å². The molecule has 0 unspecified atom stereocenters. The molecule has 122 valence electrons. The Labute approximate surface area is 140 Å². The van der Waals surface area contributed by atoms with E-state index in [1.54, 1.807) is 12.1 Å². The van der Waals surface area contributed by atoms with Crippen LogP contribution < -0.4 is 0 Å². The van der Waals surface area contributed by atoms with Crippen LogP contribution in [-0.2, 0) is 21.3 Å². The Balaban J connectivity index is 1.77. The first kappa shape index (κ1) is 17.9. The number of hydrogen-bond acceptors (Lipinski definition) is 5. The van der Waals surface area contributed by atoms with Crippen LogP contribution in [0.15, 0.2) is 41.3 Å². The lowest BCUT2D eigenvalue weighted by Gasteiger charge is -2.20. The maximum absolute atomic E-state index is 11.0. The molecule has 1 heterocycles. The number of thioether (sulfide) groups is 2. The molecule has 2 rings (SSSR count). The predicted molar refractivity (Wildman–Crippen MR) is 93.5 cm³/mol. The molecule has 1 aliphatic rings. The van der Waals surface area contributed by atoms with Crippen LogP contribution in [0.5, 0.6) is 0 Å². The third-order valence-corrected chi connectivity index (χ3v) is 6.49. The smallest absolute Gasteiger partial charge is 0.294 e. The van der Waals surface area contributed by atoms with Crippen molar-refractivity contribution in [2.45, 2.75) is 17.4 Å². The summed E-state index contributed by atoms with van der Waals surface area (Å²) in [6.07, 6.45) is 0.977. The fraction of sp³-hybridized carbons (Fsp3) is 0.467. The van der Waals surface area contributed by atoms with Crippen molar-refractivity contribution in [3.63, 3.8) is 0 Å². The fourth-order valence-electron chi connectivity index (χ4n) is 2.03. The summed E-state index contributed by atoms with van der Waals surface area (Å²) in [5, 5.41) is 0. The number of benzene rings is 1. The molecule has 1 aromatic rings. The number of hydrogen-bond donors (Lipinski definition) is 1. The van der Waals surface area contributed by atoms with E-state index in [4.69, 9.17) is 9.29 Å².